The largest absolute Gasteiger partial charge is 0.593 e. The third-order valence-corrected chi connectivity index (χ3v) is 5.49. The van der Waals surface area contributed by atoms with Gasteiger partial charge in [0.1, 0.15) is 12.1 Å². The minimum atomic E-state index is -1.51. The zero-order chi connectivity index (χ0) is 19.8. The fraction of sp³-hybridized carbons (Fsp3) is 0.611. The Morgan fingerprint density at radius 1 is 1.15 bits per heavy atom. The van der Waals surface area contributed by atoms with Crippen molar-refractivity contribution in [2.24, 2.45) is 0 Å². The normalized spacial score (nSPS) is 20.1. The van der Waals surface area contributed by atoms with Gasteiger partial charge in [-0.2, -0.15) is 0 Å². The molecule has 1 N–H and O–H groups in total. The quantitative estimate of drug-likeness (QED) is 0.477. The maximum atomic E-state index is 12.3. The van der Waals surface area contributed by atoms with Gasteiger partial charge in [-0.25, -0.2) is 0 Å². The van der Waals surface area contributed by atoms with Crippen LogP contribution in [0.3, 0.4) is 0 Å². The molecule has 0 radical (unpaired) electrons. The number of rotatable bonds is 5. The Morgan fingerprint density at radius 3 is 2.12 bits per heavy atom. The minimum Gasteiger partial charge on any atom is -0.593 e. The van der Waals surface area contributed by atoms with Gasteiger partial charge >= 0.3 is 13.1 Å². The van der Waals surface area contributed by atoms with Crippen LogP contribution in [0.15, 0.2) is 29.2 Å². The third kappa shape index (κ3) is 5.23. The van der Waals surface area contributed by atoms with E-state index in [1.54, 1.807) is 32.9 Å². The summed E-state index contributed by atoms with van der Waals surface area (Å²) in [5, 5.41) is 0. The van der Waals surface area contributed by atoms with Crippen LogP contribution < -0.4 is 10.2 Å². The van der Waals surface area contributed by atoms with E-state index in [-0.39, 0.29) is 6.54 Å². The highest BCUT2D eigenvalue weighted by Gasteiger charge is 2.51. The van der Waals surface area contributed by atoms with Crippen LogP contribution in [0.25, 0.3) is 0 Å². The van der Waals surface area contributed by atoms with E-state index in [1.807, 2.05) is 39.8 Å². The molecule has 0 spiro atoms. The molecule has 26 heavy (non-hydrogen) atoms. The van der Waals surface area contributed by atoms with Crippen LogP contribution in [0.2, 0.25) is 0 Å². The number of nitrogens with one attached hydrogen (secondary N) is 1. The molecule has 1 unspecified atom stereocenters. The summed E-state index contributed by atoms with van der Waals surface area (Å²) in [7, 11) is -0.461. The summed E-state index contributed by atoms with van der Waals surface area (Å²) in [6.07, 6.45) is 0. The summed E-state index contributed by atoms with van der Waals surface area (Å²) >= 11 is -1.51. The van der Waals surface area contributed by atoms with Crippen LogP contribution in [-0.4, -0.2) is 41.0 Å². The van der Waals surface area contributed by atoms with Crippen molar-refractivity contribution < 1.29 is 23.4 Å². The molecule has 6 nitrogen and oxygen atoms in total. The van der Waals surface area contributed by atoms with E-state index in [2.05, 4.69) is 4.72 Å². The van der Waals surface area contributed by atoms with Crippen LogP contribution in [0.5, 0.6) is 0 Å². The monoisotopic (exact) mass is 381 g/mol. The second kappa shape index (κ2) is 7.52. The van der Waals surface area contributed by atoms with E-state index in [0.29, 0.717) is 4.90 Å². The number of esters is 1. The molecule has 144 valence electrons. The van der Waals surface area contributed by atoms with E-state index in [9.17, 15) is 9.35 Å². The first-order valence-electron chi connectivity index (χ1n) is 8.63. The molecule has 8 heteroatoms. The summed E-state index contributed by atoms with van der Waals surface area (Å²) in [4.78, 5) is 12.3. The molecule has 0 aromatic heterocycles. The van der Waals surface area contributed by atoms with Crippen molar-refractivity contribution in [3.05, 3.63) is 24.3 Å². The van der Waals surface area contributed by atoms with Gasteiger partial charge in [0.05, 0.1) is 22.6 Å². The molecule has 1 aliphatic heterocycles. The zero-order valence-electron chi connectivity index (χ0n) is 16.5. The first-order valence-corrected chi connectivity index (χ1v) is 9.78. The minimum absolute atomic E-state index is 0.122. The molecule has 1 fully saturated rings. The predicted molar refractivity (Wildman–Crippen MR) is 102 cm³/mol. The molecule has 0 bridgehead atoms. The van der Waals surface area contributed by atoms with E-state index >= 15 is 0 Å². The van der Waals surface area contributed by atoms with Crippen molar-refractivity contribution >= 4 is 29.9 Å². The van der Waals surface area contributed by atoms with Gasteiger partial charge in [-0.3, -0.25) is 4.79 Å². The highest BCUT2D eigenvalue weighted by Crippen LogP contribution is 2.36. The third-order valence-electron chi connectivity index (χ3n) is 4.39. The lowest BCUT2D eigenvalue weighted by molar-refractivity contribution is -0.153. The molecule has 2 rings (SSSR count). The van der Waals surface area contributed by atoms with Gasteiger partial charge in [0.2, 0.25) is 0 Å². The van der Waals surface area contributed by atoms with Crippen molar-refractivity contribution in [1.29, 1.82) is 0 Å². The van der Waals surface area contributed by atoms with Crippen molar-refractivity contribution in [2.75, 3.05) is 6.54 Å². The second-order valence-corrected chi connectivity index (χ2v) is 9.63. The van der Waals surface area contributed by atoms with Crippen molar-refractivity contribution in [3.63, 3.8) is 0 Å². The Labute approximate surface area is 159 Å². The molecule has 1 aromatic carbocycles. The van der Waals surface area contributed by atoms with E-state index in [0.717, 1.165) is 5.46 Å². The van der Waals surface area contributed by atoms with Gasteiger partial charge in [-0.15, -0.1) is 4.72 Å². The molecule has 1 aromatic rings. The van der Waals surface area contributed by atoms with Gasteiger partial charge < -0.3 is 18.6 Å². The van der Waals surface area contributed by atoms with Crippen molar-refractivity contribution in [3.8, 4) is 0 Å². The average Bonchev–Trinajstić information content (AvgIpc) is 2.71. The SMILES string of the molecule is CC(C)(C)OC(=O)CN[S+]([O-])c1ccc(B2OC(C)(C)C(C)(C)O2)cc1. The Bertz CT molecular complexity index is 626. The zero-order valence-corrected chi connectivity index (χ0v) is 17.4. The van der Waals surface area contributed by atoms with E-state index < -0.39 is 41.3 Å². The summed E-state index contributed by atoms with van der Waals surface area (Å²) in [6.45, 7) is 13.2. The number of carbonyl (C=O) groups is 1. The van der Waals surface area contributed by atoms with E-state index in [1.165, 1.54) is 0 Å². The van der Waals surface area contributed by atoms with E-state index in [4.69, 9.17) is 14.0 Å². The van der Waals surface area contributed by atoms with Crippen LogP contribution >= 0.6 is 0 Å². The lowest BCUT2D eigenvalue weighted by atomic mass is 9.79. The van der Waals surface area contributed by atoms with Crippen LogP contribution in [0.4, 0.5) is 0 Å². The average molecular weight is 381 g/mol. The number of ether oxygens (including phenoxy) is 1. The maximum absolute atomic E-state index is 12.3. The van der Waals surface area contributed by atoms with Crippen LogP contribution in [-0.2, 0) is 30.2 Å². The maximum Gasteiger partial charge on any atom is 0.494 e. The van der Waals surface area contributed by atoms with Crippen molar-refractivity contribution in [2.45, 2.75) is 70.2 Å². The highest BCUT2D eigenvalue weighted by molar-refractivity contribution is 7.89. The van der Waals surface area contributed by atoms with Crippen molar-refractivity contribution in [1.82, 2.24) is 4.72 Å². The number of hydrogen-bond acceptors (Lipinski definition) is 6. The van der Waals surface area contributed by atoms with Crippen LogP contribution in [0, 0.1) is 0 Å². The Kier molecular flexibility index (Phi) is 6.14. The van der Waals surface area contributed by atoms with Crippen LogP contribution in [0.1, 0.15) is 48.5 Å². The summed E-state index contributed by atoms with van der Waals surface area (Å²) in [6, 6.07) is 7.12. The first kappa shape index (κ1) is 21.2. The molecular weight excluding hydrogens is 353 g/mol. The van der Waals surface area contributed by atoms with Gasteiger partial charge in [0.15, 0.2) is 4.90 Å². The predicted octanol–water partition coefficient (Wildman–Crippen LogP) is 1.94. The molecule has 1 atom stereocenters. The number of carbonyl (C=O) groups excluding carboxylic acids is 1. The Hall–Kier alpha value is -1.06. The Morgan fingerprint density at radius 2 is 1.65 bits per heavy atom. The highest BCUT2D eigenvalue weighted by atomic mass is 32.2. The number of benzene rings is 1. The molecule has 1 aliphatic rings. The summed E-state index contributed by atoms with van der Waals surface area (Å²) in [5.41, 5.74) is -0.524. The Balaban J connectivity index is 1.94. The molecule has 0 aliphatic carbocycles. The topological polar surface area (TPSA) is 79.9 Å². The molecule has 1 heterocycles. The fourth-order valence-electron chi connectivity index (χ4n) is 2.31. The first-order chi connectivity index (χ1) is 11.8. The smallest absolute Gasteiger partial charge is 0.494 e. The second-order valence-electron chi connectivity index (χ2n) is 8.33. The van der Waals surface area contributed by atoms with Gasteiger partial charge in [-0.05, 0) is 66.1 Å². The molecular formula is C18H28BNO5S. The summed E-state index contributed by atoms with van der Waals surface area (Å²) < 4.78 is 32.1. The lowest BCUT2D eigenvalue weighted by Crippen LogP contribution is -2.41. The standard InChI is InChI=1S/C18H28BNO5S/c1-16(2,3)23-15(21)12-20-26(22)14-10-8-13(9-11-14)19-24-17(4,5)18(6,7)25-19/h8-11,20H,12H2,1-7H3. The molecule has 1 saturated heterocycles. The fourth-order valence-corrected chi connectivity index (χ4v) is 3.11. The van der Waals surface area contributed by atoms with Gasteiger partial charge in [-0.1, -0.05) is 12.1 Å². The lowest BCUT2D eigenvalue weighted by Gasteiger charge is -2.32. The molecule has 0 amide bonds. The van der Waals surface area contributed by atoms with Gasteiger partial charge in [0.25, 0.3) is 0 Å². The van der Waals surface area contributed by atoms with Gasteiger partial charge in [0, 0.05) is 0 Å². The molecule has 0 saturated carbocycles. The summed E-state index contributed by atoms with van der Waals surface area (Å²) in [5.74, 6) is -0.445. The number of hydrogen-bond donors (Lipinski definition) is 1.